The Kier molecular flexibility index (Phi) is 3.79. The molecule has 0 bridgehead atoms. The van der Waals surface area contributed by atoms with Crippen LogP contribution in [0.5, 0.6) is 0 Å². The van der Waals surface area contributed by atoms with Gasteiger partial charge in [-0.25, -0.2) is 8.42 Å². The quantitative estimate of drug-likeness (QED) is 0.902. The number of hydrogen-bond acceptors (Lipinski definition) is 4. The molecule has 20 heavy (non-hydrogen) atoms. The van der Waals surface area contributed by atoms with Crippen LogP contribution in [0.1, 0.15) is 25.7 Å². The molecule has 0 aliphatic carbocycles. The van der Waals surface area contributed by atoms with E-state index in [0.29, 0.717) is 6.54 Å². The summed E-state index contributed by atoms with van der Waals surface area (Å²) in [7, 11) is -1.97. The van der Waals surface area contributed by atoms with Gasteiger partial charge in [-0.1, -0.05) is 11.6 Å². The summed E-state index contributed by atoms with van der Waals surface area (Å²) in [5.41, 5.74) is 0. The summed E-state index contributed by atoms with van der Waals surface area (Å²) >= 11 is 6.01. The minimum absolute atomic E-state index is 0.0356. The maximum Gasteiger partial charge on any atom is 0.262 e. The van der Waals surface area contributed by atoms with Crippen molar-refractivity contribution in [3.8, 4) is 0 Å². The molecule has 2 unspecified atom stereocenters. The topological polar surface area (TPSA) is 67.2 Å². The third-order valence-electron chi connectivity index (χ3n) is 4.21. The molecule has 3 heterocycles. The molecule has 0 aromatic carbocycles. The third-order valence-corrected chi connectivity index (χ3v) is 6.64. The SMILES string of the molecule is Cn1ncc(Cl)c1S(=O)(=O)N1CCCC1C1CCCN1. The highest BCUT2D eigenvalue weighted by Crippen LogP contribution is 2.32. The Hall–Kier alpha value is -0.630. The number of aryl methyl sites for hydroxylation is 1. The van der Waals surface area contributed by atoms with Crippen LogP contribution in [-0.4, -0.2) is 47.7 Å². The molecular weight excluding hydrogens is 300 g/mol. The van der Waals surface area contributed by atoms with Gasteiger partial charge in [-0.05, 0) is 32.2 Å². The van der Waals surface area contributed by atoms with E-state index in [4.69, 9.17) is 11.6 Å². The minimum atomic E-state index is -3.58. The van der Waals surface area contributed by atoms with E-state index >= 15 is 0 Å². The van der Waals surface area contributed by atoms with Crippen molar-refractivity contribution in [3.63, 3.8) is 0 Å². The lowest BCUT2D eigenvalue weighted by Gasteiger charge is -2.28. The lowest BCUT2D eigenvalue weighted by atomic mass is 10.1. The number of halogens is 1. The first-order valence-electron chi connectivity index (χ1n) is 6.94. The first kappa shape index (κ1) is 14.3. The second-order valence-electron chi connectivity index (χ2n) is 5.45. The standard InChI is InChI=1S/C12H19ClN4O2S/c1-16-12(9(13)8-15-16)20(18,19)17-7-3-5-11(17)10-4-2-6-14-10/h8,10-11,14H,2-7H2,1H3. The van der Waals surface area contributed by atoms with Gasteiger partial charge >= 0.3 is 0 Å². The zero-order valence-electron chi connectivity index (χ0n) is 11.4. The highest BCUT2D eigenvalue weighted by molar-refractivity contribution is 7.89. The number of aromatic nitrogens is 2. The van der Waals surface area contributed by atoms with Crippen LogP contribution in [0.3, 0.4) is 0 Å². The average molecular weight is 319 g/mol. The normalized spacial score (nSPS) is 28.3. The summed E-state index contributed by atoms with van der Waals surface area (Å²) in [5.74, 6) is 0. The summed E-state index contributed by atoms with van der Waals surface area (Å²) in [6.07, 6.45) is 5.34. The monoisotopic (exact) mass is 318 g/mol. The van der Waals surface area contributed by atoms with Crippen LogP contribution >= 0.6 is 11.6 Å². The van der Waals surface area contributed by atoms with E-state index in [1.807, 2.05) is 0 Å². The smallest absolute Gasteiger partial charge is 0.262 e. The predicted molar refractivity (Wildman–Crippen MR) is 76.2 cm³/mol. The maximum atomic E-state index is 12.9. The fourth-order valence-corrected chi connectivity index (χ4v) is 5.65. The predicted octanol–water partition coefficient (Wildman–Crippen LogP) is 0.979. The van der Waals surface area contributed by atoms with E-state index < -0.39 is 10.0 Å². The van der Waals surface area contributed by atoms with E-state index in [-0.39, 0.29) is 22.1 Å². The molecule has 2 saturated heterocycles. The van der Waals surface area contributed by atoms with Gasteiger partial charge in [-0.3, -0.25) is 4.68 Å². The van der Waals surface area contributed by atoms with Crippen molar-refractivity contribution >= 4 is 21.6 Å². The van der Waals surface area contributed by atoms with E-state index in [9.17, 15) is 8.42 Å². The van der Waals surface area contributed by atoms with Crippen molar-refractivity contribution in [1.82, 2.24) is 19.4 Å². The molecule has 2 aliphatic heterocycles. The van der Waals surface area contributed by atoms with Crippen molar-refractivity contribution in [3.05, 3.63) is 11.2 Å². The van der Waals surface area contributed by atoms with Crippen molar-refractivity contribution in [2.24, 2.45) is 7.05 Å². The molecular formula is C12H19ClN4O2S. The molecule has 0 amide bonds. The van der Waals surface area contributed by atoms with Gasteiger partial charge in [0.15, 0.2) is 5.03 Å². The summed E-state index contributed by atoms with van der Waals surface area (Å²) in [4.78, 5) is 0. The number of sulfonamides is 1. The molecule has 8 heteroatoms. The molecule has 0 spiro atoms. The number of hydrogen-bond donors (Lipinski definition) is 1. The van der Waals surface area contributed by atoms with Crippen molar-refractivity contribution in [2.75, 3.05) is 13.1 Å². The van der Waals surface area contributed by atoms with Crippen LogP contribution in [-0.2, 0) is 17.1 Å². The highest BCUT2D eigenvalue weighted by atomic mass is 35.5. The summed E-state index contributed by atoms with van der Waals surface area (Å²) in [5, 5.41) is 7.65. The van der Waals surface area contributed by atoms with Crippen molar-refractivity contribution < 1.29 is 8.42 Å². The fourth-order valence-electron chi connectivity index (χ4n) is 3.31. The zero-order valence-corrected chi connectivity index (χ0v) is 13.0. The van der Waals surface area contributed by atoms with Gasteiger partial charge in [0.2, 0.25) is 0 Å². The lowest BCUT2D eigenvalue weighted by molar-refractivity contribution is 0.320. The lowest BCUT2D eigenvalue weighted by Crippen LogP contribution is -2.46. The van der Waals surface area contributed by atoms with Gasteiger partial charge in [0.05, 0.1) is 11.2 Å². The minimum Gasteiger partial charge on any atom is -0.312 e. The Labute approximate surface area is 124 Å². The van der Waals surface area contributed by atoms with Crippen molar-refractivity contribution in [2.45, 2.75) is 42.8 Å². The van der Waals surface area contributed by atoms with Gasteiger partial charge in [-0.15, -0.1) is 0 Å². The van der Waals surface area contributed by atoms with Crippen LogP contribution < -0.4 is 5.32 Å². The summed E-state index contributed by atoms with van der Waals surface area (Å²) < 4.78 is 28.7. The van der Waals surface area contributed by atoms with Crippen LogP contribution in [0.2, 0.25) is 5.02 Å². The molecule has 2 aliphatic rings. The van der Waals surface area contributed by atoms with Gasteiger partial charge in [0, 0.05) is 25.7 Å². The van der Waals surface area contributed by atoms with Crippen LogP contribution in [0.15, 0.2) is 11.2 Å². The fraction of sp³-hybridized carbons (Fsp3) is 0.750. The highest BCUT2D eigenvalue weighted by Gasteiger charge is 2.42. The molecule has 112 valence electrons. The molecule has 2 atom stereocenters. The van der Waals surface area contributed by atoms with Crippen molar-refractivity contribution in [1.29, 1.82) is 0 Å². The third kappa shape index (κ3) is 2.26. The van der Waals surface area contributed by atoms with Crippen LogP contribution in [0.4, 0.5) is 0 Å². The number of rotatable bonds is 3. The molecule has 0 radical (unpaired) electrons. The second kappa shape index (κ2) is 5.29. The van der Waals surface area contributed by atoms with E-state index in [1.165, 1.54) is 10.9 Å². The Morgan fingerprint density at radius 3 is 2.80 bits per heavy atom. The Morgan fingerprint density at radius 2 is 2.20 bits per heavy atom. The van der Waals surface area contributed by atoms with Gasteiger partial charge in [0.25, 0.3) is 10.0 Å². The largest absolute Gasteiger partial charge is 0.312 e. The first-order valence-corrected chi connectivity index (χ1v) is 8.76. The molecule has 1 aromatic rings. The molecule has 2 fully saturated rings. The maximum absolute atomic E-state index is 12.9. The average Bonchev–Trinajstić information content (AvgIpc) is 3.08. The summed E-state index contributed by atoms with van der Waals surface area (Å²) in [6, 6.07) is 0.299. The van der Waals surface area contributed by atoms with Gasteiger partial charge in [-0.2, -0.15) is 9.40 Å². The van der Waals surface area contributed by atoms with E-state index in [1.54, 1.807) is 11.4 Å². The molecule has 3 rings (SSSR count). The zero-order chi connectivity index (χ0) is 14.3. The first-order chi connectivity index (χ1) is 9.51. The number of nitrogens with zero attached hydrogens (tertiary/aromatic N) is 3. The van der Waals surface area contributed by atoms with Crippen LogP contribution in [0, 0.1) is 0 Å². The Balaban J connectivity index is 1.94. The molecule has 6 nitrogen and oxygen atoms in total. The molecule has 0 saturated carbocycles. The molecule has 1 N–H and O–H groups in total. The molecule has 1 aromatic heterocycles. The second-order valence-corrected chi connectivity index (χ2v) is 7.66. The number of nitrogens with one attached hydrogen (secondary N) is 1. The summed E-state index contributed by atoms with van der Waals surface area (Å²) in [6.45, 7) is 1.54. The van der Waals surface area contributed by atoms with E-state index in [2.05, 4.69) is 10.4 Å². The van der Waals surface area contributed by atoms with E-state index in [0.717, 1.165) is 32.2 Å². The van der Waals surface area contributed by atoms with Crippen LogP contribution in [0.25, 0.3) is 0 Å². The van der Waals surface area contributed by atoms with Gasteiger partial charge < -0.3 is 5.32 Å². The Morgan fingerprint density at radius 1 is 1.40 bits per heavy atom. The van der Waals surface area contributed by atoms with Gasteiger partial charge in [0.1, 0.15) is 0 Å². The Bertz CT molecular complexity index is 575.